The van der Waals surface area contributed by atoms with Crippen LogP contribution in [0.5, 0.6) is 0 Å². The van der Waals surface area contributed by atoms with E-state index >= 15 is 0 Å². The van der Waals surface area contributed by atoms with Crippen molar-refractivity contribution in [2.75, 3.05) is 24.5 Å². The van der Waals surface area contributed by atoms with Crippen molar-refractivity contribution in [1.82, 2.24) is 14.9 Å². The molecule has 0 N–H and O–H groups in total. The SMILES string of the molecule is Cc1ccc(N(CC(=O)N2CCCCC2)C(=O)c2sc(-c3ccccn3)nc2C)cc1. The van der Waals surface area contributed by atoms with Gasteiger partial charge in [0, 0.05) is 25.0 Å². The number of hydrogen-bond acceptors (Lipinski definition) is 5. The minimum Gasteiger partial charge on any atom is -0.341 e. The van der Waals surface area contributed by atoms with Crippen molar-refractivity contribution >= 4 is 28.8 Å². The normalized spacial score (nSPS) is 13.8. The number of rotatable bonds is 5. The number of likely N-dealkylation sites (tertiary alicyclic amines) is 1. The first-order chi connectivity index (χ1) is 15.0. The number of hydrogen-bond donors (Lipinski definition) is 0. The van der Waals surface area contributed by atoms with E-state index in [4.69, 9.17) is 0 Å². The van der Waals surface area contributed by atoms with Crippen molar-refractivity contribution in [3.8, 4) is 10.7 Å². The largest absolute Gasteiger partial charge is 0.341 e. The van der Waals surface area contributed by atoms with Gasteiger partial charge in [-0.25, -0.2) is 4.98 Å². The fourth-order valence-electron chi connectivity index (χ4n) is 3.70. The smallest absolute Gasteiger partial charge is 0.270 e. The Bertz CT molecular complexity index is 1060. The topological polar surface area (TPSA) is 66.4 Å². The second kappa shape index (κ2) is 9.39. The molecule has 3 aromatic rings. The summed E-state index contributed by atoms with van der Waals surface area (Å²) in [4.78, 5) is 39.5. The van der Waals surface area contributed by atoms with Crippen LogP contribution in [0.1, 0.15) is 40.2 Å². The third-order valence-corrected chi connectivity index (χ3v) is 6.64. The van der Waals surface area contributed by atoms with Crippen LogP contribution >= 0.6 is 11.3 Å². The number of carbonyl (C=O) groups excluding carboxylic acids is 2. The Morgan fingerprint density at radius 1 is 1.03 bits per heavy atom. The van der Waals surface area contributed by atoms with Crippen molar-refractivity contribution < 1.29 is 9.59 Å². The number of aromatic nitrogens is 2. The van der Waals surface area contributed by atoms with Gasteiger partial charge in [0.05, 0.1) is 11.4 Å². The molecule has 2 amide bonds. The van der Waals surface area contributed by atoms with Crippen molar-refractivity contribution in [3.63, 3.8) is 0 Å². The average Bonchev–Trinajstić information content (AvgIpc) is 3.20. The van der Waals surface area contributed by atoms with Gasteiger partial charge in [-0.1, -0.05) is 23.8 Å². The monoisotopic (exact) mass is 434 g/mol. The molecular weight excluding hydrogens is 408 g/mol. The Balaban J connectivity index is 1.64. The van der Waals surface area contributed by atoms with Gasteiger partial charge in [-0.05, 0) is 57.4 Å². The summed E-state index contributed by atoms with van der Waals surface area (Å²) >= 11 is 1.32. The van der Waals surface area contributed by atoms with Crippen LogP contribution < -0.4 is 4.90 Å². The van der Waals surface area contributed by atoms with Gasteiger partial charge < -0.3 is 4.90 Å². The van der Waals surface area contributed by atoms with Gasteiger partial charge in [0.15, 0.2) is 0 Å². The molecule has 0 spiro atoms. The lowest BCUT2D eigenvalue weighted by molar-refractivity contribution is -0.130. The highest BCUT2D eigenvalue weighted by molar-refractivity contribution is 7.17. The first kappa shape index (κ1) is 21.2. The van der Waals surface area contributed by atoms with E-state index in [1.165, 1.54) is 11.3 Å². The van der Waals surface area contributed by atoms with Gasteiger partial charge in [-0.15, -0.1) is 11.3 Å². The zero-order valence-electron chi connectivity index (χ0n) is 17.9. The molecule has 6 nitrogen and oxygen atoms in total. The molecular formula is C24H26N4O2S. The molecule has 4 rings (SSSR count). The number of thiazole rings is 1. The number of pyridine rings is 1. The summed E-state index contributed by atoms with van der Waals surface area (Å²) in [5, 5.41) is 0.702. The molecule has 0 atom stereocenters. The molecule has 1 saturated heterocycles. The Morgan fingerprint density at radius 3 is 2.45 bits per heavy atom. The maximum absolute atomic E-state index is 13.6. The van der Waals surface area contributed by atoms with E-state index in [0.717, 1.165) is 43.6 Å². The molecule has 7 heteroatoms. The maximum Gasteiger partial charge on any atom is 0.270 e. The summed E-state index contributed by atoms with van der Waals surface area (Å²) in [6, 6.07) is 13.3. The van der Waals surface area contributed by atoms with E-state index in [1.54, 1.807) is 11.1 Å². The van der Waals surface area contributed by atoms with Gasteiger partial charge in [0.1, 0.15) is 16.4 Å². The lowest BCUT2D eigenvalue weighted by Crippen LogP contribution is -2.44. The van der Waals surface area contributed by atoms with Crippen molar-refractivity contribution in [1.29, 1.82) is 0 Å². The fourth-order valence-corrected chi connectivity index (χ4v) is 4.69. The fraction of sp³-hybridized carbons (Fsp3) is 0.333. The zero-order valence-corrected chi connectivity index (χ0v) is 18.7. The Morgan fingerprint density at radius 2 is 1.77 bits per heavy atom. The summed E-state index contributed by atoms with van der Waals surface area (Å²) in [5.41, 5.74) is 3.21. The summed E-state index contributed by atoms with van der Waals surface area (Å²) < 4.78 is 0. The molecule has 1 aliphatic rings. The Kier molecular flexibility index (Phi) is 6.42. The first-order valence-corrected chi connectivity index (χ1v) is 11.4. The molecule has 3 heterocycles. The van der Waals surface area contributed by atoms with E-state index < -0.39 is 0 Å². The van der Waals surface area contributed by atoms with Gasteiger partial charge in [0.2, 0.25) is 5.91 Å². The van der Waals surface area contributed by atoms with Crippen LogP contribution in [0, 0.1) is 13.8 Å². The molecule has 2 aromatic heterocycles. The van der Waals surface area contributed by atoms with Crippen LogP contribution in [0.4, 0.5) is 5.69 Å². The predicted molar refractivity (Wildman–Crippen MR) is 123 cm³/mol. The lowest BCUT2D eigenvalue weighted by Gasteiger charge is -2.30. The van der Waals surface area contributed by atoms with Crippen molar-refractivity contribution in [2.45, 2.75) is 33.1 Å². The van der Waals surface area contributed by atoms with Gasteiger partial charge in [-0.2, -0.15) is 0 Å². The highest BCUT2D eigenvalue weighted by Gasteiger charge is 2.27. The third-order valence-electron chi connectivity index (χ3n) is 5.47. The van der Waals surface area contributed by atoms with Crippen LogP contribution in [0.3, 0.4) is 0 Å². The molecule has 0 aliphatic carbocycles. The van der Waals surface area contributed by atoms with Crippen LogP contribution in [0.25, 0.3) is 10.7 Å². The average molecular weight is 435 g/mol. The highest BCUT2D eigenvalue weighted by atomic mass is 32.1. The van der Waals surface area contributed by atoms with E-state index in [1.807, 2.05) is 61.2 Å². The number of anilines is 1. The predicted octanol–water partition coefficient (Wildman–Crippen LogP) is 4.48. The van der Waals surface area contributed by atoms with E-state index in [0.29, 0.717) is 21.3 Å². The number of benzene rings is 1. The number of amides is 2. The molecule has 0 radical (unpaired) electrons. The molecule has 0 unspecified atom stereocenters. The molecule has 1 aliphatic heterocycles. The summed E-state index contributed by atoms with van der Waals surface area (Å²) in [5.74, 6) is -0.216. The minimum absolute atomic E-state index is 0.0132. The minimum atomic E-state index is -0.202. The standard InChI is InChI=1S/C24H26N4O2S/c1-17-9-11-19(12-10-17)28(16-21(29)27-14-6-3-7-15-27)24(30)22-18(2)26-23(31-22)20-8-4-5-13-25-20/h4-5,8-13H,3,6-7,14-16H2,1-2H3. The number of aryl methyl sites for hydroxylation is 2. The number of nitrogens with zero attached hydrogens (tertiary/aromatic N) is 4. The molecule has 0 saturated carbocycles. The maximum atomic E-state index is 13.6. The van der Waals surface area contributed by atoms with Gasteiger partial charge in [0.25, 0.3) is 5.91 Å². The Labute approximate surface area is 186 Å². The zero-order chi connectivity index (χ0) is 21.8. The second-order valence-corrected chi connectivity index (χ2v) is 8.82. The summed E-state index contributed by atoms with van der Waals surface area (Å²) in [6.07, 6.45) is 4.90. The van der Waals surface area contributed by atoms with Crippen molar-refractivity contribution in [2.24, 2.45) is 0 Å². The van der Waals surface area contributed by atoms with E-state index in [-0.39, 0.29) is 18.4 Å². The number of piperidine rings is 1. The third kappa shape index (κ3) is 4.82. The quantitative estimate of drug-likeness (QED) is 0.594. The van der Waals surface area contributed by atoms with E-state index in [9.17, 15) is 9.59 Å². The van der Waals surface area contributed by atoms with Crippen LogP contribution in [0.2, 0.25) is 0 Å². The van der Waals surface area contributed by atoms with E-state index in [2.05, 4.69) is 9.97 Å². The molecule has 160 valence electrons. The lowest BCUT2D eigenvalue weighted by atomic mass is 10.1. The summed E-state index contributed by atoms with van der Waals surface area (Å²) in [6.45, 7) is 5.38. The molecule has 1 fully saturated rings. The van der Waals surface area contributed by atoms with Gasteiger partial charge >= 0.3 is 0 Å². The molecule has 31 heavy (non-hydrogen) atoms. The van der Waals surface area contributed by atoms with Crippen LogP contribution in [-0.2, 0) is 4.79 Å². The first-order valence-electron chi connectivity index (χ1n) is 10.6. The number of carbonyl (C=O) groups is 2. The molecule has 0 bridgehead atoms. The molecule has 1 aromatic carbocycles. The second-order valence-electron chi connectivity index (χ2n) is 7.82. The van der Waals surface area contributed by atoms with Gasteiger partial charge in [-0.3, -0.25) is 19.5 Å². The Hall–Kier alpha value is -3.06. The van der Waals surface area contributed by atoms with Crippen molar-refractivity contribution in [3.05, 3.63) is 64.8 Å². The summed E-state index contributed by atoms with van der Waals surface area (Å²) in [7, 11) is 0. The van der Waals surface area contributed by atoms with Crippen LogP contribution in [0.15, 0.2) is 48.7 Å². The van der Waals surface area contributed by atoms with Crippen LogP contribution in [-0.4, -0.2) is 46.3 Å². The highest BCUT2D eigenvalue weighted by Crippen LogP contribution is 2.29.